The lowest BCUT2D eigenvalue weighted by atomic mass is 9.98. The smallest absolute Gasteiger partial charge is 0.437 e. The Morgan fingerprint density at radius 2 is 1.92 bits per heavy atom. The number of methoxy groups -OCH3 is 1. The molecule has 12 heteroatoms. The quantitative estimate of drug-likeness (QED) is 0.419. The molecule has 0 bridgehead atoms. The molecular weight excluding hydrogens is 514 g/mol. The summed E-state index contributed by atoms with van der Waals surface area (Å²) in [7, 11) is 1.41. The Hall–Kier alpha value is -3.83. The summed E-state index contributed by atoms with van der Waals surface area (Å²) < 4.78 is 17.5. The van der Waals surface area contributed by atoms with Crippen molar-refractivity contribution in [2.24, 2.45) is 5.73 Å². The molecule has 0 aliphatic carbocycles. The molecular formula is C26H30ClN5O6. The maximum Gasteiger partial charge on any atom is 0.437 e. The van der Waals surface area contributed by atoms with Crippen molar-refractivity contribution in [2.75, 3.05) is 26.7 Å². The molecule has 0 unspecified atom stereocenters. The van der Waals surface area contributed by atoms with Gasteiger partial charge in [-0.2, -0.15) is 4.68 Å². The van der Waals surface area contributed by atoms with Gasteiger partial charge in [-0.1, -0.05) is 41.9 Å². The maximum atomic E-state index is 12.7. The second-order valence-electron chi connectivity index (χ2n) is 9.05. The van der Waals surface area contributed by atoms with Crippen molar-refractivity contribution >= 4 is 23.6 Å². The Balaban J connectivity index is 1.61. The first-order chi connectivity index (χ1) is 18.2. The average Bonchev–Trinajstić information content (AvgIpc) is 3.25. The number of benzene rings is 2. The molecule has 1 saturated heterocycles. The zero-order valence-corrected chi connectivity index (χ0v) is 22.0. The van der Waals surface area contributed by atoms with E-state index in [9.17, 15) is 14.4 Å². The molecule has 1 fully saturated rings. The molecule has 3 N–H and O–H groups in total. The van der Waals surface area contributed by atoms with Gasteiger partial charge >= 0.3 is 11.8 Å². The fourth-order valence-electron chi connectivity index (χ4n) is 4.60. The summed E-state index contributed by atoms with van der Waals surface area (Å²) in [6.45, 7) is 4.04. The van der Waals surface area contributed by atoms with Crippen molar-refractivity contribution in [3.05, 3.63) is 63.1 Å². The predicted molar refractivity (Wildman–Crippen MR) is 140 cm³/mol. The first-order valence-electron chi connectivity index (χ1n) is 12.2. The Labute approximate surface area is 224 Å². The number of likely N-dealkylation sites (tertiary alicyclic amines) is 1. The Morgan fingerprint density at radius 3 is 2.55 bits per heavy atom. The molecule has 2 heterocycles. The molecule has 2 amide bonds. The van der Waals surface area contributed by atoms with Crippen LogP contribution >= 0.6 is 11.6 Å². The number of piperidine rings is 1. The van der Waals surface area contributed by atoms with E-state index in [0.29, 0.717) is 30.6 Å². The Morgan fingerprint density at radius 1 is 1.21 bits per heavy atom. The van der Waals surface area contributed by atoms with E-state index in [1.54, 1.807) is 6.07 Å². The van der Waals surface area contributed by atoms with Crippen LogP contribution in [0.25, 0.3) is 11.5 Å². The number of carbonyl (C=O) groups is 2. The van der Waals surface area contributed by atoms with Crippen molar-refractivity contribution in [2.45, 2.75) is 38.8 Å². The lowest BCUT2D eigenvalue weighted by Gasteiger charge is -2.31. The van der Waals surface area contributed by atoms with Gasteiger partial charge < -0.3 is 29.8 Å². The molecule has 3 aromatic rings. The lowest BCUT2D eigenvalue weighted by molar-refractivity contribution is -0.119. The fourth-order valence-corrected chi connectivity index (χ4v) is 4.86. The summed E-state index contributed by atoms with van der Waals surface area (Å²) in [4.78, 5) is 37.7. The molecule has 11 nitrogen and oxygen atoms in total. The number of ether oxygens (including phenoxy) is 2. The highest BCUT2D eigenvalue weighted by Crippen LogP contribution is 2.44. The van der Waals surface area contributed by atoms with Crippen LogP contribution in [-0.4, -0.2) is 59.5 Å². The minimum Gasteiger partial charge on any atom is -0.494 e. The van der Waals surface area contributed by atoms with Crippen LogP contribution in [0, 0.1) is 0 Å². The highest BCUT2D eigenvalue weighted by atomic mass is 35.5. The van der Waals surface area contributed by atoms with E-state index in [1.807, 2.05) is 30.3 Å². The summed E-state index contributed by atoms with van der Waals surface area (Å²) in [5.74, 6) is -0.439. The van der Waals surface area contributed by atoms with Crippen LogP contribution in [0.3, 0.4) is 0 Å². The number of carbonyl (C=O) groups excluding carboxylic acids is 2. The highest BCUT2D eigenvalue weighted by Gasteiger charge is 2.26. The van der Waals surface area contributed by atoms with E-state index in [0.717, 1.165) is 31.5 Å². The number of aromatic nitrogens is 2. The van der Waals surface area contributed by atoms with Gasteiger partial charge in [0, 0.05) is 32.6 Å². The minimum atomic E-state index is -1.02. The zero-order chi connectivity index (χ0) is 27.2. The maximum absolute atomic E-state index is 12.7. The molecule has 202 valence electrons. The first-order valence-corrected chi connectivity index (χ1v) is 12.6. The molecule has 0 radical (unpaired) electrons. The normalized spacial score (nSPS) is 14.3. The van der Waals surface area contributed by atoms with Crippen molar-refractivity contribution in [3.8, 4) is 23.0 Å². The molecule has 1 aliphatic rings. The predicted octanol–water partition coefficient (Wildman–Crippen LogP) is 2.81. The van der Waals surface area contributed by atoms with E-state index < -0.39 is 11.8 Å². The van der Waals surface area contributed by atoms with Crippen LogP contribution in [-0.2, 0) is 17.8 Å². The molecule has 0 atom stereocenters. The Kier molecular flexibility index (Phi) is 8.70. The molecule has 0 spiro atoms. The lowest BCUT2D eigenvalue weighted by Crippen LogP contribution is -2.45. The number of amides is 2. The number of nitrogens with two attached hydrogens (primary N) is 1. The molecule has 1 aromatic heterocycles. The molecule has 1 aliphatic heterocycles. The van der Waals surface area contributed by atoms with E-state index in [2.05, 4.69) is 15.3 Å². The fraction of sp³-hybridized carbons (Fsp3) is 0.385. The second-order valence-corrected chi connectivity index (χ2v) is 9.43. The number of nitrogens with zero attached hydrogens (tertiary/aromatic N) is 3. The van der Waals surface area contributed by atoms with Crippen molar-refractivity contribution in [3.63, 3.8) is 0 Å². The first kappa shape index (κ1) is 27.2. The second kappa shape index (κ2) is 12.1. The van der Waals surface area contributed by atoms with Crippen LogP contribution in [0.4, 0.5) is 4.79 Å². The van der Waals surface area contributed by atoms with Crippen molar-refractivity contribution < 1.29 is 23.5 Å². The van der Waals surface area contributed by atoms with Gasteiger partial charge in [0.25, 0.3) is 5.89 Å². The summed E-state index contributed by atoms with van der Waals surface area (Å²) in [5.41, 5.74) is 7.17. The third-order valence-electron chi connectivity index (χ3n) is 6.36. The van der Waals surface area contributed by atoms with Crippen LogP contribution in [0.1, 0.15) is 30.9 Å². The van der Waals surface area contributed by atoms with E-state index in [4.69, 9.17) is 31.2 Å². The standard InChI is InChI=1S/C26H30ClN5O6/c1-16(33)29-19-8-10-31(11-9-19)12-13-32-26(35)38-24(30-32)21-18(14-17-6-4-3-5-7-17)15-20(37-25(28)34)22(27)23(21)36-2/h3-7,15,19H,8-14H2,1-2H3,(H2,28,34)(H,29,33). The number of primary amides is 1. The number of rotatable bonds is 9. The van der Waals surface area contributed by atoms with Gasteiger partial charge in [-0.15, -0.1) is 5.10 Å². The molecule has 38 heavy (non-hydrogen) atoms. The van der Waals surface area contributed by atoms with Crippen LogP contribution in [0.2, 0.25) is 5.02 Å². The summed E-state index contributed by atoms with van der Waals surface area (Å²) in [5, 5.41) is 7.40. The van der Waals surface area contributed by atoms with Gasteiger partial charge in [-0.3, -0.25) is 4.79 Å². The number of halogens is 1. The van der Waals surface area contributed by atoms with Gasteiger partial charge in [0.05, 0.1) is 19.2 Å². The Bertz CT molecular complexity index is 1350. The van der Waals surface area contributed by atoms with Crippen molar-refractivity contribution in [1.82, 2.24) is 20.0 Å². The van der Waals surface area contributed by atoms with Gasteiger partial charge in [-0.05, 0) is 36.5 Å². The van der Waals surface area contributed by atoms with Crippen LogP contribution in [0.15, 0.2) is 45.6 Å². The molecule has 4 rings (SSSR count). The molecule has 2 aromatic carbocycles. The molecule has 0 saturated carbocycles. The summed E-state index contributed by atoms with van der Waals surface area (Å²) in [6, 6.07) is 11.3. The third-order valence-corrected chi connectivity index (χ3v) is 6.72. The van der Waals surface area contributed by atoms with E-state index >= 15 is 0 Å². The number of hydrogen-bond donors (Lipinski definition) is 2. The number of hydrogen-bond acceptors (Lipinski definition) is 8. The van der Waals surface area contributed by atoms with Gasteiger partial charge in [0.2, 0.25) is 5.91 Å². The zero-order valence-electron chi connectivity index (χ0n) is 21.2. The average molecular weight is 544 g/mol. The SMILES string of the molecule is COc1c(Cl)c(OC(N)=O)cc(Cc2ccccc2)c1-c1nn(CCN2CCC(NC(C)=O)CC2)c(=O)o1. The number of nitrogens with one attached hydrogen (secondary N) is 1. The van der Waals surface area contributed by atoms with Gasteiger partial charge in [-0.25, -0.2) is 9.59 Å². The van der Waals surface area contributed by atoms with Crippen LogP contribution < -0.4 is 26.3 Å². The van der Waals surface area contributed by atoms with Gasteiger partial charge in [0.15, 0.2) is 11.5 Å². The van der Waals surface area contributed by atoms with E-state index in [-0.39, 0.29) is 34.4 Å². The monoisotopic (exact) mass is 543 g/mol. The summed E-state index contributed by atoms with van der Waals surface area (Å²) in [6.07, 6.45) is 1.05. The van der Waals surface area contributed by atoms with Crippen LogP contribution in [0.5, 0.6) is 11.5 Å². The highest BCUT2D eigenvalue weighted by molar-refractivity contribution is 6.34. The third kappa shape index (κ3) is 6.53. The minimum absolute atomic E-state index is 0.00245. The largest absolute Gasteiger partial charge is 0.494 e. The van der Waals surface area contributed by atoms with E-state index in [1.165, 1.54) is 18.7 Å². The van der Waals surface area contributed by atoms with Crippen molar-refractivity contribution in [1.29, 1.82) is 0 Å². The van der Waals surface area contributed by atoms with Gasteiger partial charge in [0.1, 0.15) is 5.02 Å². The topological polar surface area (TPSA) is 142 Å². The summed E-state index contributed by atoms with van der Waals surface area (Å²) >= 11 is 6.49.